The Morgan fingerprint density at radius 1 is 1.04 bits per heavy atom. The van der Waals surface area contributed by atoms with Gasteiger partial charge in [-0.2, -0.15) is 0 Å². The highest BCUT2D eigenvalue weighted by atomic mass is 16.2. The molecule has 2 heterocycles. The van der Waals surface area contributed by atoms with E-state index >= 15 is 0 Å². The number of benzene rings is 2. The number of amides is 1. The van der Waals surface area contributed by atoms with Gasteiger partial charge < -0.3 is 9.47 Å². The van der Waals surface area contributed by atoms with E-state index in [4.69, 9.17) is 0 Å². The molecule has 3 aromatic rings. The lowest BCUT2D eigenvalue weighted by Gasteiger charge is -2.40. The summed E-state index contributed by atoms with van der Waals surface area (Å²) in [6, 6.07) is 20.5. The molecule has 4 nitrogen and oxygen atoms in total. The van der Waals surface area contributed by atoms with Crippen molar-refractivity contribution in [1.82, 2.24) is 14.5 Å². The van der Waals surface area contributed by atoms with Crippen molar-refractivity contribution in [1.29, 1.82) is 0 Å². The third-order valence-electron chi connectivity index (χ3n) is 5.31. The highest BCUT2D eigenvalue weighted by molar-refractivity contribution is 5.77. The van der Waals surface area contributed by atoms with Crippen LogP contribution in [0.1, 0.15) is 17.7 Å². The minimum absolute atomic E-state index is 0.265. The van der Waals surface area contributed by atoms with Gasteiger partial charge in [0.1, 0.15) is 5.82 Å². The quantitative estimate of drug-likeness (QED) is 0.668. The van der Waals surface area contributed by atoms with Crippen LogP contribution in [0.2, 0.25) is 0 Å². The smallest absolute Gasteiger partial charge is 0.222 e. The Kier molecular flexibility index (Phi) is 5.05. The molecule has 1 fully saturated rings. The van der Waals surface area contributed by atoms with Gasteiger partial charge in [-0.05, 0) is 18.9 Å². The number of hydrogen-bond acceptors (Lipinski definition) is 2. The molecule has 1 aliphatic heterocycles. The van der Waals surface area contributed by atoms with Gasteiger partial charge in [-0.3, -0.25) is 4.79 Å². The molecular formula is C23H25N3O. The van der Waals surface area contributed by atoms with E-state index in [2.05, 4.69) is 40.7 Å². The van der Waals surface area contributed by atoms with Crippen LogP contribution in [0.25, 0.3) is 11.4 Å². The lowest BCUT2D eigenvalue weighted by molar-refractivity contribution is -0.137. The summed E-state index contributed by atoms with van der Waals surface area (Å²) in [5.74, 6) is 1.78. The third-order valence-corrected chi connectivity index (χ3v) is 5.31. The number of carbonyl (C=O) groups is 1. The largest absolute Gasteiger partial charge is 0.342 e. The number of rotatable bonds is 6. The third kappa shape index (κ3) is 3.95. The molecule has 2 aromatic carbocycles. The first kappa shape index (κ1) is 17.5. The zero-order valence-electron chi connectivity index (χ0n) is 15.7. The Labute approximate surface area is 160 Å². The second kappa shape index (κ2) is 7.78. The van der Waals surface area contributed by atoms with Crippen molar-refractivity contribution < 1.29 is 4.79 Å². The van der Waals surface area contributed by atoms with Crippen LogP contribution in [0.4, 0.5) is 0 Å². The summed E-state index contributed by atoms with van der Waals surface area (Å²) < 4.78 is 2.28. The summed E-state index contributed by atoms with van der Waals surface area (Å²) in [6.45, 7) is 4.71. The van der Waals surface area contributed by atoms with Gasteiger partial charge in [0.25, 0.3) is 0 Å². The summed E-state index contributed by atoms with van der Waals surface area (Å²) in [7, 11) is 0. The molecule has 0 spiro atoms. The second-order valence-corrected chi connectivity index (χ2v) is 7.35. The van der Waals surface area contributed by atoms with Crippen LogP contribution < -0.4 is 0 Å². The topological polar surface area (TPSA) is 38.1 Å². The van der Waals surface area contributed by atoms with Gasteiger partial charge in [0, 0.05) is 49.4 Å². The highest BCUT2D eigenvalue weighted by Crippen LogP contribution is 2.25. The van der Waals surface area contributed by atoms with Gasteiger partial charge in [0.15, 0.2) is 0 Å². The Morgan fingerprint density at radius 2 is 1.70 bits per heavy atom. The molecule has 27 heavy (non-hydrogen) atoms. The van der Waals surface area contributed by atoms with E-state index < -0.39 is 0 Å². The first-order valence-corrected chi connectivity index (χ1v) is 9.60. The maximum atomic E-state index is 12.4. The van der Waals surface area contributed by atoms with E-state index in [-0.39, 0.29) is 5.91 Å². The Hall–Kier alpha value is -2.88. The van der Waals surface area contributed by atoms with E-state index in [0.29, 0.717) is 12.3 Å². The second-order valence-electron chi connectivity index (χ2n) is 7.35. The van der Waals surface area contributed by atoms with Crippen molar-refractivity contribution in [3.05, 3.63) is 78.1 Å². The number of carbonyl (C=O) groups excluding carboxylic acids is 1. The fourth-order valence-corrected chi connectivity index (χ4v) is 3.71. The molecule has 0 radical (unpaired) electrons. The van der Waals surface area contributed by atoms with Crippen LogP contribution in [0.3, 0.4) is 0 Å². The number of aromatic nitrogens is 2. The fraction of sp³-hybridized carbons (Fsp3) is 0.304. The fourth-order valence-electron chi connectivity index (χ4n) is 3.71. The van der Waals surface area contributed by atoms with Gasteiger partial charge in [0.05, 0.1) is 0 Å². The predicted molar refractivity (Wildman–Crippen MR) is 107 cm³/mol. The summed E-state index contributed by atoms with van der Waals surface area (Å²) in [5, 5.41) is 0. The number of imidazole rings is 1. The van der Waals surface area contributed by atoms with Gasteiger partial charge in [-0.15, -0.1) is 0 Å². The molecule has 4 rings (SSSR count). The average molecular weight is 359 g/mol. The summed E-state index contributed by atoms with van der Waals surface area (Å²) >= 11 is 0. The van der Waals surface area contributed by atoms with E-state index in [0.717, 1.165) is 37.4 Å². The van der Waals surface area contributed by atoms with Crippen molar-refractivity contribution in [3.8, 4) is 11.4 Å². The van der Waals surface area contributed by atoms with Crippen LogP contribution >= 0.6 is 0 Å². The van der Waals surface area contributed by atoms with E-state index in [9.17, 15) is 4.79 Å². The van der Waals surface area contributed by atoms with Crippen molar-refractivity contribution >= 4 is 5.91 Å². The number of hydrogen-bond donors (Lipinski definition) is 0. The van der Waals surface area contributed by atoms with E-state index in [1.807, 2.05) is 47.5 Å². The lowest BCUT2D eigenvalue weighted by Crippen LogP contribution is -2.51. The Bertz CT molecular complexity index is 896. The molecular weight excluding hydrogens is 334 g/mol. The summed E-state index contributed by atoms with van der Waals surface area (Å²) in [4.78, 5) is 19.0. The molecule has 4 heteroatoms. The maximum absolute atomic E-state index is 12.4. The average Bonchev–Trinajstić information content (AvgIpc) is 3.04. The van der Waals surface area contributed by atoms with Crippen molar-refractivity contribution in [2.75, 3.05) is 13.1 Å². The summed E-state index contributed by atoms with van der Waals surface area (Å²) in [5.41, 5.74) is 3.54. The molecule has 1 saturated heterocycles. The molecule has 0 aliphatic carbocycles. The standard InChI is InChI=1S/C23H25N3O/c1-18-14-24-23(21-10-6-3-7-11-21)26(18)17-20-15-25(16-20)22(27)13-12-19-8-4-2-5-9-19/h2-11,14,20H,12-13,15-17H2,1H3. The van der Waals surface area contributed by atoms with Crippen molar-refractivity contribution in [2.45, 2.75) is 26.3 Å². The Morgan fingerprint density at radius 3 is 2.41 bits per heavy atom. The molecule has 1 aromatic heterocycles. The van der Waals surface area contributed by atoms with E-state index in [1.54, 1.807) is 0 Å². The van der Waals surface area contributed by atoms with Crippen molar-refractivity contribution in [2.24, 2.45) is 5.92 Å². The molecule has 0 atom stereocenters. The van der Waals surface area contributed by atoms with Crippen LogP contribution in [0, 0.1) is 12.8 Å². The lowest BCUT2D eigenvalue weighted by atomic mass is 9.98. The first-order valence-electron chi connectivity index (χ1n) is 9.60. The Balaban J connectivity index is 1.32. The van der Waals surface area contributed by atoms with Crippen LogP contribution in [-0.2, 0) is 17.8 Å². The van der Waals surface area contributed by atoms with Gasteiger partial charge >= 0.3 is 0 Å². The van der Waals surface area contributed by atoms with Crippen LogP contribution in [-0.4, -0.2) is 33.4 Å². The van der Waals surface area contributed by atoms with Gasteiger partial charge in [-0.1, -0.05) is 60.7 Å². The normalized spacial score (nSPS) is 14.2. The van der Waals surface area contributed by atoms with Gasteiger partial charge in [0.2, 0.25) is 5.91 Å². The molecule has 0 N–H and O–H groups in total. The van der Waals surface area contributed by atoms with Crippen molar-refractivity contribution in [3.63, 3.8) is 0 Å². The molecule has 1 aliphatic rings. The molecule has 1 amide bonds. The maximum Gasteiger partial charge on any atom is 0.222 e. The zero-order chi connectivity index (χ0) is 18.6. The number of aryl methyl sites for hydroxylation is 2. The number of nitrogens with zero attached hydrogens (tertiary/aromatic N) is 3. The molecule has 138 valence electrons. The van der Waals surface area contributed by atoms with Crippen LogP contribution in [0.15, 0.2) is 66.9 Å². The van der Waals surface area contributed by atoms with Gasteiger partial charge in [-0.25, -0.2) is 4.98 Å². The number of likely N-dealkylation sites (tertiary alicyclic amines) is 1. The van der Waals surface area contributed by atoms with Crippen LogP contribution in [0.5, 0.6) is 0 Å². The molecule has 0 saturated carbocycles. The summed E-state index contributed by atoms with van der Waals surface area (Å²) in [6.07, 6.45) is 3.35. The molecule has 0 bridgehead atoms. The monoisotopic (exact) mass is 359 g/mol. The molecule has 0 unspecified atom stereocenters. The predicted octanol–water partition coefficient (Wildman–Crippen LogP) is 3.95. The SMILES string of the molecule is Cc1cnc(-c2ccccc2)n1CC1CN(C(=O)CCc2ccccc2)C1. The van der Waals surface area contributed by atoms with E-state index in [1.165, 1.54) is 11.3 Å². The highest BCUT2D eigenvalue weighted by Gasteiger charge is 2.31. The zero-order valence-corrected chi connectivity index (χ0v) is 15.7. The minimum Gasteiger partial charge on any atom is -0.342 e. The minimum atomic E-state index is 0.265. The first-order chi connectivity index (χ1) is 13.2.